The normalized spacial score (nSPS) is 19.4. The number of aliphatic imine (C=N–C) groups is 1. The van der Waals surface area contributed by atoms with Gasteiger partial charge in [-0.05, 0) is 26.3 Å². The number of nitrogens with one attached hydrogen (secondary N) is 1. The molecule has 1 aromatic heterocycles. The molecule has 2 heterocycles. The van der Waals surface area contributed by atoms with Crippen LogP contribution in [0.3, 0.4) is 0 Å². The Bertz CT molecular complexity index is 462. The van der Waals surface area contributed by atoms with Crippen molar-refractivity contribution < 1.29 is 9.15 Å². The molecule has 20 heavy (non-hydrogen) atoms. The smallest absolute Gasteiger partial charge is 0.193 e. The highest BCUT2D eigenvalue weighted by atomic mass is 16.5. The molecule has 0 saturated carbocycles. The van der Waals surface area contributed by atoms with Crippen molar-refractivity contribution in [2.75, 3.05) is 33.9 Å². The molecule has 1 atom stereocenters. The van der Waals surface area contributed by atoms with Gasteiger partial charge in [0.15, 0.2) is 5.96 Å². The van der Waals surface area contributed by atoms with Crippen molar-refractivity contribution in [2.24, 2.45) is 10.9 Å². The van der Waals surface area contributed by atoms with Gasteiger partial charge in [-0.2, -0.15) is 0 Å². The number of furan rings is 1. The average Bonchev–Trinajstić information content (AvgIpc) is 3.00. The second-order valence-electron chi connectivity index (χ2n) is 5.45. The molecule has 2 rings (SSSR count). The minimum atomic E-state index is 0.608. The Morgan fingerprint density at radius 1 is 1.50 bits per heavy atom. The molecule has 1 fully saturated rings. The van der Waals surface area contributed by atoms with Crippen molar-refractivity contribution in [3.05, 3.63) is 23.2 Å². The third-order valence-electron chi connectivity index (χ3n) is 3.71. The second kappa shape index (κ2) is 6.79. The fourth-order valence-electron chi connectivity index (χ4n) is 2.62. The molecule has 0 spiro atoms. The molecule has 0 radical (unpaired) electrons. The second-order valence-corrected chi connectivity index (χ2v) is 5.45. The van der Waals surface area contributed by atoms with Gasteiger partial charge in [0.25, 0.3) is 0 Å². The molecule has 0 bridgehead atoms. The largest absolute Gasteiger partial charge is 0.466 e. The van der Waals surface area contributed by atoms with Crippen LogP contribution in [0.1, 0.15) is 23.5 Å². The fourth-order valence-corrected chi connectivity index (χ4v) is 2.62. The van der Waals surface area contributed by atoms with Gasteiger partial charge in [0.05, 0.1) is 6.61 Å². The molecule has 1 aliphatic rings. The predicted molar refractivity (Wildman–Crippen MR) is 79.9 cm³/mol. The minimum Gasteiger partial charge on any atom is -0.466 e. The molecule has 1 saturated heterocycles. The molecule has 112 valence electrons. The molecular formula is C15H25N3O2. The first kappa shape index (κ1) is 14.9. The van der Waals surface area contributed by atoms with Crippen molar-refractivity contribution >= 4 is 5.96 Å². The van der Waals surface area contributed by atoms with Crippen LogP contribution in [0.4, 0.5) is 0 Å². The Balaban J connectivity index is 1.86. The lowest BCUT2D eigenvalue weighted by Gasteiger charge is -2.24. The lowest BCUT2D eigenvalue weighted by Crippen LogP contribution is -2.41. The van der Waals surface area contributed by atoms with Crippen molar-refractivity contribution in [3.8, 4) is 0 Å². The van der Waals surface area contributed by atoms with Crippen molar-refractivity contribution in [3.63, 3.8) is 0 Å². The van der Waals surface area contributed by atoms with Crippen LogP contribution in [0.5, 0.6) is 0 Å². The van der Waals surface area contributed by atoms with E-state index in [1.165, 1.54) is 5.56 Å². The maximum atomic E-state index is 5.54. The molecule has 1 N–H and O–H groups in total. The summed E-state index contributed by atoms with van der Waals surface area (Å²) >= 11 is 0. The van der Waals surface area contributed by atoms with E-state index >= 15 is 0 Å². The minimum absolute atomic E-state index is 0.608. The average molecular weight is 279 g/mol. The van der Waals surface area contributed by atoms with E-state index in [1.807, 2.05) is 20.9 Å². The van der Waals surface area contributed by atoms with Gasteiger partial charge in [0.2, 0.25) is 0 Å². The third kappa shape index (κ3) is 3.76. The first-order valence-electron chi connectivity index (χ1n) is 7.15. The number of hydrogen-bond donors (Lipinski definition) is 1. The number of rotatable bonds is 4. The molecular weight excluding hydrogens is 254 g/mol. The lowest BCUT2D eigenvalue weighted by atomic mass is 10.1. The van der Waals surface area contributed by atoms with E-state index < -0.39 is 0 Å². The summed E-state index contributed by atoms with van der Waals surface area (Å²) in [4.78, 5) is 6.51. The van der Waals surface area contributed by atoms with Gasteiger partial charge in [-0.3, -0.25) is 4.99 Å². The van der Waals surface area contributed by atoms with Crippen LogP contribution in [-0.2, 0) is 11.3 Å². The van der Waals surface area contributed by atoms with E-state index in [0.717, 1.165) is 50.2 Å². The molecule has 5 heteroatoms. The summed E-state index contributed by atoms with van der Waals surface area (Å²) in [6, 6.07) is 2.07. The first-order valence-corrected chi connectivity index (χ1v) is 7.15. The van der Waals surface area contributed by atoms with E-state index in [4.69, 9.17) is 9.15 Å². The molecule has 0 amide bonds. The van der Waals surface area contributed by atoms with Gasteiger partial charge < -0.3 is 19.4 Å². The number of aryl methyl sites for hydroxylation is 2. The van der Waals surface area contributed by atoms with Gasteiger partial charge in [-0.25, -0.2) is 0 Å². The third-order valence-corrected chi connectivity index (χ3v) is 3.71. The van der Waals surface area contributed by atoms with Gasteiger partial charge in [0.1, 0.15) is 11.5 Å². The Labute approximate surface area is 121 Å². The molecule has 1 aromatic rings. The van der Waals surface area contributed by atoms with E-state index in [1.54, 1.807) is 0 Å². The van der Waals surface area contributed by atoms with Crippen LogP contribution in [0.2, 0.25) is 0 Å². The fraction of sp³-hybridized carbons (Fsp3) is 0.667. The van der Waals surface area contributed by atoms with Crippen LogP contribution in [0.15, 0.2) is 15.5 Å². The summed E-state index contributed by atoms with van der Waals surface area (Å²) in [5.41, 5.74) is 1.18. The molecule has 1 unspecified atom stereocenters. The maximum absolute atomic E-state index is 5.54. The van der Waals surface area contributed by atoms with E-state index in [9.17, 15) is 0 Å². The molecule has 0 aliphatic carbocycles. The van der Waals surface area contributed by atoms with Gasteiger partial charge in [-0.15, -0.1) is 0 Å². The molecule has 0 aromatic carbocycles. The Kier molecular flexibility index (Phi) is 5.06. The molecule has 1 aliphatic heterocycles. The van der Waals surface area contributed by atoms with Crippen molar-refractivity contribution in [1.82, 2.24) is 10.2 Å². The lowest BCUT2D eigenvalue weighted by molar-refractivity contribution is 0.181. The highest BCUT2D eigenvalue weighted by Gasteiger charge is 2.19. The van der Waals surface area contributed by atoms with Crippen LogP contribution < -0.4 is 5.32 Å². The summed E-state index contributed by atoms with van der Waals surface area (Å²) < 4.78 is 11.0. The number of guanidine groups is 1. The summed E-state index contributed by atoms with van der Waals surface area (Å²) in [6.07, 6.45) is 1.14. The monoisotopic (exact) mass is 279 g/mol. The Morgan fingerprint density at radius 2 is 2.30 bits per heavy atom. The Morgan fingerprint density at radius 3 is 2.85 bits per heavy atom. The van der Waals surface area contributed by atoms with Crippen molar-refractivity contribution in [2.45, 2.75) is 26.8 Å². The van der Waals surface area contributed by atoms with E-state index in [0.29, 0.717) is 5.92 Å². The highest BCUT2D eigenvalue weighted by Crippen LogP contribution is 2.14. The van der Waals surface area contributed by atoms with Crippen molar-refractivity contribution in [1.29, 1.82) is 0 Å². The zero-order chi connectivity index (χ0) is 14.5. The van der Waals surface area contributed by atoms with Gasteiger partial charge in [0, 0.05) is 45.3 Å². The summed E-state index contributed by atoms with van der Waals surface area (Å²) in [5.74, 6) is 3.44. The Hall–Kier alpha value is -1.49. The quantitative estimate of drug-likeness (QED) is 0.676. The van der Waals surface area contributed by atoms with Crippen LogP contribution >= 0.6 is 0 Å². The number of nitrogens with zero attached hydrogens (tertiary/aromatic N) is 2. The zero-order valence-electron chi connectivity index (χ0n) is 12.9. The first-order chi connectivity index (χ1) is 9.60. The summed E-state index contributed by atoms with van der Waals surface area (Å²) in [7, 11) is 3.89. The van der Waals surface area contributed by atoms with Gasteiger partial charge >= 0.3 is 0 Å². The zero-order valence-corrected chi connectivity index (χ0v) is 12.9. The van der Waals surface area contributed by atoms with E-state index in [2.05, 4.69) is 28.3 Å². The maximum Gasteiger partial charge on any atom is 0.193 e. The molecule has 5 nitrogen and oxygen atoms in total. The van der Waals surface area contributed by atoms with Crippen LogP contribution in [-0.4, -0.2) is 44.7 Å². The summed E-state index contributed by atoms with van der Waals surface area (Å²) in [5, 5.41) is 3.39. The number of hydrogen-bond acceptors (Lipinski definition) is 3. The van der Waals surface area contributed by atoms with Crippen LogP contribution in [0, 0.1) is 19.8 Å². The highest BCUT2D eigenvalue weighted by molar-refractivity contribution is 5.79. The van der Waals surface area contributed by atoms with Crippen LogP contribution in [0.25, 0.3) is 0 Å². The topological polar surface area (TPSA) is 50.0 Å². The SMILES string of the molecule is CN=C(NCc1cc(C)oc1C)N(C)CC1CCOC1. The van der Waals surface area contributed by atoms with Gasteiger partial charge in [-0.1, -0.05) is 0 Å². The predicted octanol–water partition coefficient (Wildman–Crippen LogP) is 1.94. The summed E-state index contributed by atoms with van der Waals surface area (Å²) in [6.45, 7) is 7.42. The number of ether oxygens (including phenoxy) is 1. The standard InChI is InChI=1S/C15H25N3O2/c1-11-7-14(12(2)20-11)8-17-15(16-3)18(4)9-13-5-6-19-10-13/h7,13H,5-6,8-10H2,1-4H3,(H,16,17). The van der Waals surface area contributed by atoms with E-state index in [-0.39, 0.29) is 0 Å².